The highest BCUT2D eigenvalue weighted by molar-refractivity contribution is 7.49. The highest BCUT2D eigenvalue weighted by Crippen LogP contribution is 2.52. The van der Waals surface area contributed by atoms with Crippen LogP contribution in [0.3, 0.4) is 0 Å². The molecule has 0 saturated heterocycles. The van der Waals surface area contributed by atoms with Crippen LogP contribution in [0.15, 0.2) is 60.7 Å². The molecule has 32 heavy (non-hydrogen) atoms. The van der Waals surface area contributed by atoms with Crippen molar-refractivity contribution in [3.63, 3.8) is 0 Å². The Bertz CT molecular complexity index is 1050. The van der Waals surface area contributed by atoms with E-state index in [4.69, 9.17) is 13.6 Å². The van der Waals surface area contributed by atoms with Crippen LogP contribution in [0.1, 0.15) is 49.9 Å². The second-order valence-corrected chi connectivity index (χ2v) is 8.86. The number of phosphoric acid groups is 1. The molecule has 0 amide bonds. The third kappa shape index (κ3) is 5.46. The van der Waals surface area contributed by atoms with Crippen LogP contribution in [0.4, 0.5) is 0 Å². The zero-order valence-corrected chi connectivity index (χ0v) is 20.0. The van der Waals surface area contributed by atoms with Gasteiger partial charge in [-0.3, -0.25) is 0 Å². The first-order valence-electron chi connectivity index (χ1n) is 11.1. The minimum atomic E-state index is -4.16. The van der Waals surface area contributed by atoms with Crippen molar-refractivity contribution in [3.05, 3.63) is 82.9 Å². The fraction of sp³-hybridized carbons (Fsp3) is 0.308. The monoisotopic (exact) mass is 454 g/mol. The number of benzene rings is 3. The molecule has 5 nitrogen and oxygen atoms in total. The summed E-state index contributed by atoms with van der Waals surface area (Å²) in [6, 6.07) is 17.5. The lowest BCUT2D eigenvalue weighted by atomic mass is 10.0. The van der Waals surface area contributed by atoms with E-state index in [9.17, 15) is 9.67 Å². The first-order chi connectivity index (χ1) is 15.4. The Labute approximate surface area is 190 Å². The number of hydrogen-bond donors (Lipinski definition) is 1. The van der Waals surface area contributed by atoms with Gasteiger partial charge in [0.1, 0.15) is 23.0 Å². The summed E-state index contributed by atoms with van der Waals surface area (Å²) in [5.41, 5.74) is 4.18. The lowest BCUT2D eigenvalue weighted by molar-refractivity contribution is 0.296. The quantitative estimate of drug-likeness (QED) is 0.326. The van der Waals surface area contributed by atoms with Crippen LogP contribution in [0.2, 0.25) is 0 Å². The predicted octanol–water partition coefficient (Wildman–Crippen LogP) is 7.29. The Morgan fingerprint density at radius 3 is 1.62 bits per heavy atom. The lowest BCUT2D eigenvalue weighted by Gasteiger charge is -2.23. The number of hydrogen-bond acceptors (Lipinski definition) is 5. The fourth-order valence-electron chi connectivity index (χ4n) is 3.82. The zero-order chi connectivity index (χ0) is 23.1. The topological polar surface area (TPSA) is 65.0 Å². The Morgan fingerprint density at radius 2 is 1.19 bits per heavy atom. The molecule has 6 heteroatoms. The summed E-state index contributed by atoms with van der Waals surface area (Å²) in [4.78, 5) is 0. The van der Waals surface area contributed by atoms with Crippen LogP contribution < -0.4 is 13.6 Å². The van der Waals surface area contributed by atoms with Gasteiger partial charge in [0, 0.05) is 6.07 Å². The second-order valence-electron chi connectivity index (χ2n) is 7.42. The summed E-state index contributed by atoms with van der Waals surface area (Å²) in [5, 5.41) is 9.84. The molecule has 0 radical (unpaired) electrons. The molecule has 3 aromatic carbocycles. The molecular formula is C26H31O5P. The molecule has 0 atom stereocenters. The minimum absolute atomic E-state index is 0.00138. The Balaban J connectivity index is 2.06. The van der Waals surface area contributed by atoms with E-state index in [0.717, 1.165) is 47.9 Å². The van der Waals surface area contributed by atoms with Crippen LogP contribution in [0.25, 0.3) is 0 Å². The number of aromatic hydroxyl groups is 1. The normalized spacial score (nSPS) is 11.2. The summed E-state index contributed by atoms with van der Waals surface area (Å²) in [5.74, 6) is 1.14. The molecule has 0 spiro atoms. The van der Waals surface area contributed by atoms with E-state index < -0.39 is 7.82 Å². The zero-order valence-electron chi connectivity index (χ0n) is 19.1. The van der Waals surface area contributed by atoms with E-state index in [1.54, 1.807) is 24.3 Å². The fourth-order valence-corrected chi connectivity index (χ4v) is 5.13. The standard InChI is InChI=1S/C26H31O5P/c1-5-19-12-9-16-25(23(19)7-3)30-32(28,29-22-15-11-14-21(27)18-22)31-26-17-10-13-20(6-2)24(26)8-4/h9-18,27H,5-8H2,1-4H3. The van der Waals surface area contributed by atoms with Crippen molar-refractivity contribution >= 4 is 7.82 Å². The summed E-state index contributed by atoms with van der Waals surface area (Å²) in [6.45, 7) is 8.20. The SMILES string of the molecule is CCc1cccc(OP(=O)(Oc2cccc(O)c2)Oc2cccc(CC)c2CC)c1CC. The first-order valence-corrected chi connectivity index (χ1v) is 12.6. The molecule has 0 unspecified atom stereocenters. The van der Waals surface area contributed by atoms with Crippen LogP contribution in [0, 0.1) is 0 Å². The minimum Gasteiger partial charge on any atom is -0.508 e. The van der Waals surface area contributed by atoms with E-state index in [1.165, 1.54) is 12.1 Å². The smallest absolute Gasteiger partial charge is 0.508 e. The Hall–Kier alpha value is -2.91. The van der Waals surface area contributed by atoms with Crippen molar-refractivity contribution in [2.24, 2.45) is 0 Å². The van der Waals surface area contributed by atoms with Gasteiger partial charge >= 0.3 is 7.82 Å². The van der Waals surface area contributed by atoms with Crippen molar-refractivity contribution in [1.29, 1.82) is 0 Å². The van der Waals surface area contributed by atoms with Gasteiger partial charge in [-0.2, -0.15) is 4.57 Å². The van der Waals surface area contributed by atoms with E-state index in [2.05, 4.69) is 13.8 Å². The van der Waals surface area contributed by atoms with Crippen molar-refractivity contribution in [3.8, 4) is 23.0 Å². The van der Waals surface area contributed by atoms with Crippen molar-refractivity contribution in [2.75, 3.05) is 0 Å². The summed E-state index contributed by atoms with van der Waals surface area (Å²) in [7, 11) is -4.16. The summed E-state index contributed by atoms with van der Waals surface area (Å²) >= 11 is 0. The van der Waals surface area contributed by atoms with E-state index in [-0.39, 0.29) is 11.5 Å². The molecule has 3 aromatic rings. The third-order valence-electron chi connectivity index (χ3n) is 5.38. The van der Waals surface area contributed by atoms with Crippen molar-refractivity contribution in [1.82, 2.24) is 0 Å². The summed E-state index contributed by atoms with van der Waals surface area (Å²) < 4.78 is 31.8. The molecule has 0 saturated carbocycles. The average Bonchev–Trinajstić information content (AvgIpc) is 2.78. The maximum atomic E-state index is 14.0. The van der Waals surface area contributed by atoms with E-state index >= 15 is 0 Å². The largest absolute Gasteiger partial charge is 0.647 e. The molecule has 0 heterocycles. The number of phosphoric ester groups is 1. The Morgan fingerprint density at radius 1 is 0.688 bits per heavy atom. The van der Waals surface area contributed by atoms with Crippen LogP contribution in [0.5, 0.6) is 23.0 Å². The molecule has 0 aromatic heterocycles. The maximum absolute atomic E-state index is 14.0. The molecule has 0 aliphatic heterocycles. The second kappa shape index (κ2) is 10.6. The van der Waals surface area contributed by atoms with Crippen LogP contribution in [-0.2, 0) is 30.2 Å². The molecule has 0 aliphatic rings. The molecule has 0 aliphatic carbocycles. The molecule has 170 valence electrons. The molecular weight excluding hydrogens is 423 g/mol. The number of phenolic OH excluding ortho intramolecular Hbond substituents is 1. The highest BCUT2D eigenvalue weighted by atomic mass is 31.2. The molecule has 3 rings (SSSR count). The van der Waals surface area contributed by atoms with Gasteiger partial charge in [0.25, 0.3) is 0 Å². The van der Waals surface area contributed by atoms with Gasteiger partial charge in [-0.1, -0.05) is 58.0 Å². The third-order valence-corrected chi connectivity index (χ3v) is 6.66. The van der Waals surface area contributed by atoms with Gasteiger partial charge in [-0.05, 0) is 72.2 Å². The van der Waals surface area contributed by atoms with E-state index in [0.29, 0.717) is 11.5 Å². The molecule has 0 bridgehead atoms. The van der Waals surface area contributed by atoms with Gasteiger partial charge < -0.3 is 18.7 Å². The number of phenols is 1. The lowest BCUT2D eigenvalue weighted by Crippen LogP contribution is -2.10. The van der Waals surface area contributed by atoms with Crippen molar-refractivity contribution in [2.45, 2.75) is 53.4 Å². The molecule has 1 N–H and O–H groups in total. The van der Waals surface area contributed by atoms with Crippen LogP contribution >= 0.6 is 7.82 Å². The van der Waals surface area contributed by atoms with Gasteiger partial charge in [0.2, 0.25) is 0 Å². The van der Waals surface area contributed by atoms with Crippen molar-refractivity contribution < 1.29 is 23.2 Å². The van der Waals surface area contributed by atoms with E-state index in [1.807, 2.05) is 38.1 Å². The summed E-state index contributed by atoms with van der Waals surface area (Å²) in [6.07, 6.45) is 3.10. The number of aryl methyl sites for hydroxylation is 2. The average molecular weight is 455 g/mol. The predicted molar refractivity (Wildman–Crippen MR) is 128 cm³/mol. The van der Waals surface area contributed by atoms with Gasteiger partial charge in [0.05, 0.1) is 0 Å². The Kier molecular flexibility index (Phi) is 7.87. The number of rotatable bonds is 10. The molecule has 0 fully saturated rings. The van der Waals surface area contributed by atoms with Crippen LogP contribution in [-0.4, -0.2) is 5.11 Å². The first kappa shape index (κ1) is 23.7. The maximum Gasteiger partial charge on any atom is 0.647 e. The van der Waals surface area contributed by atoms with Gasteiger partial charge in [0.15, 0.2) is 0 Å². The van der Waals surface area contributed by atoms with Gasteiger partial charge in [-0.25, -0.2) is 0 Å². The van der Waals surface area contributed by atoms with Gasteiger partial charge in [-0.15, -0.1) is 0 Å². The highest BCUT2D eigenvalue weighted by Gasteiger charge is 2.35.